The molecule has 0 saturated carbocycles. The molecule has 0 bridgehead atoms. The summed E-state index contributed by atoms with van der Waals surface area (Å²) in [6.07, 6.45) is 3.89. The van der Waals surface area contributed by atoms with Crippen molar-refractivity contribution in [2.24, 2.45) is 0 Å². The largest absolute Gasteiger partial charge is 0.345 e. The Balaban J connectivity index is 1.72. The maximum Gasteiger partial charge on any atom is 0.255 e. The fourth-order valence-corrected chi connectivity index (χ4v) is 3.46. The predicted octanol–water partition coefficient (Wildman–Crippen LogP) is 3.85. The molecule has 25 heavy (non-hydrogen) atoms. The minimum absolute atomic E-state index is 0.00734. The number of nitrogens with one attached hydrogen (secondary N) is 2. The Morgan fingerprint density at radius 2 is 1.48 bits per heavy atom. The van der Waals surface area contributed by atoms with E-state index in [9.17, 15) is 4.79 Å². The van der Waals surface area contributed by atoms with Crippen LogP contribution in [0.5, 0.6) is 0 Å². The second-order valence-electron chi connectivity index (χ2n) is 6.45. The van der Waals surface area contributed by atoms with Crippen LogP contribution >= 0.6 is 0 Å². The summed E-state index contributed by atoms with van der Waals surface area (Å²) in [7, 11) is 0. The van der Waals surface area contributed by atoms with Crippen molar-refractivity contribution in [2.75, 3.05) is 5.32 Å². The van der Waals surface area contributed by atoms with Crippen molar-refractivity contribution in [1.82, 2.24) is 9.97 Å². The number of anilines is 1. The molecule has 0 atom stereocenters. The molecule has 0 amide bonds. The molecule has 0 unspecified atom stereocenters. The first-order valence-electron chi connectivity index (χ1n) is 8.80. The van der Waals surface area contributed by atoms with E-state index in [0.29, 0.717) is 5.95 Å². The van der Waals surface area contributed by atoms with Crippen LogP contribution in [0.4, 0.5) is 5.95 Å². The third kappa shape index (κ3) is 3.33. The first kappa shape index (κ1) is 15.6. The Hall–Kier alpha value is -2.88. The smallest absolute Gasteiger partial charge is 0.255 e. The Morgan fingerprint density at radius 1 is 0.880 bits per heavy atom. The Morgan fingerprint density at radius 3 is 2.12 bits per heavy atom. The maximum atomic E-state index is 12.4. The maximum absolute atomic E-state index is 12.4. The molecule has 126 valence electrons. The highest BCUT2D eigenvalue weighted by Gasteiger charge is 2.18. The zero-order valence-corrected chi connectivity index (χ0v) is 14.0. The van der Waals surface area contributed by atoms with Crippen molar-refractivity contribution in [3.05, 3.63) is 93.4 Å². The summed E-state index contributed by atoms with van der Waals surface area (Å²) >= 11 is 0. The average molecular weight is 331 g/mol. The number of aromatic nitrogens is 2. The van der Waals surface area contributed by atoms with Gasteiger partial charge in [-0.05, 0) is 36.8 Å². The standard InChI is InChI=1S/C21H21N3O/c25-20-17-13-7-8-14-18(17)22-21(24-20)23-19(15-9-3-1-4-10-15)16-11-5-2-6-12-16/h1-6,9-12,19H,7-8,13-14H2,(H2,22,23,24,25). The summed E-state index contributed by atoms with van der Waals surface area (Å²) in [6.45, 7) is 0. The van der Waals surface area contributed by atoms with Crippen LogP contribution in [-0.4, -0.2) is 9.97 Å². The van der Waals surface area contributed by atoms with Crippen LogP contribution in [0.1, 0.15) is 41.3 Å². The van der Waals surface area contributed by atoms with E-state index in [2.05, 4.69) is 34.6 Å². The molecule has 3 aromatic rings. The van der Waals surface area contributed by atoms with Gasteiger partial charge in [-0.15, -0.1) is 0 Å². The van der Waals surface area contributed by atoms with Crippen molar-refractivity contribution in [2.45, 2.75) is 31.7 Å². The van der Waals surface area contributed by atoms with Gasteiger partial charge in [-0.25, -0.2) is 4.98 Å². The molecule has 2 N–H and O–H groups in total. The summed E-state index contributed by atoms with van der Waals surface area (Å²) in [4.78, 5) is 20.0. The third-order valence-electron chi connectivity index (χ3n) is 4.74. The quantitative estimate of drug-likeness (QED) is 0.763. The summed E-state index contributed by atoms with van der Waals surface area (Å²) in [6, 6.07) is 20.4. The molecule has 0 fully saturated rings. The van der Waals surface area contributed by atoms with E-state index >= 15 is 0 Å². The number of hydrogen-bond acceptors (Lipinski definition) is 3. The highest BCUT2D eigenvalue weighted by Crippen LogP contribution is 2.25. The van der Waals surface area contributed by atoms with Gasteiger partial charge in [-0.2, -0.15) is 0 Å². The van der Waals surface area contributed by atoms with Crippen LogP contribution in [0.25, 0.3) is 0 Å². The normalized spacial score (nSPS) is 13.5. The fraction of sp³-hybridized carbons (Fsp3) is 0.238. The number of rotatable bonds is 4. The molecule has 2 aromatic carbocycles. The van der Waals surface area contributed by atoms with Crippen molar-refractivity contribution < 1.29 is 0 Å². The van der Waals surface area contributed by atoms with E-state index in [1.165, 1.54) is 0 Å². The number of hydrogen-bond donors (Lipinski definition) is 2. The molecule has 0 spiro atoms. The van der Waals surface area contributed by atoms with Crippen LogP contribution in [0.2, 0.25) is 0 Å². The number of benzene rings is 2. The number of aromatic amines is 1. The molecule has 1 aliphatic carbocycles. The SMILES string of the molecule is O=c1[nH]c(NC(c2ccccc2)c2ccccc2)nc2c1CCCC2. The monoisotopic (exact) mass is 331 g/mol. The Labute approximate surface area is 147 Å². The summed E-state index contributed by atoms with van der Waals surface area (Å²) in [5.41, 5.74) is 4.06. The summed E-state index contributed by atoms with van der Waals surface area (Å²) in [5, 5.41) is 3.44. The first-order valence-corrected chi connectivity index (χ1v) is 8.80. The van der Waals surface area contributed by atoms with Crippen LogP contribution in [0.3, 0.4) is 0 Å². The zero-order chi connectivity index (χ0) is 17.1. The van der Waals surface area contributed by atoms with Gasteiger partial charge in [0.25, 0.3) is 5.56 Å². The Bertz CT molecular complexity index is 864. The van der Waals surface area contributed by atoms with Crippen LogP contribution in [0, 0.1) is 0 Å². The number of nitrogens with zero attached hydrogens (tertiary/aromatic N) is 1. The molecule has 1 heterocycles. The van der Waals surface area contributed by atoms with Gasteiger partial charge in [0.05, 0.1) is 11.7 Å². The topological polar surface area (TPSA) is 57.8 Å². The van der Waals surface area contributed by atoms with Crippen molar-refractivity contribution in [3.8, 4) is 0 Å². The van der Waals surface area contributed by atoms with E-state index in [-0.39, 0.29) is 11.6 Å². The average Bonchev–Trinajstić information content (AvgIpc) is 2.67. The highest BCUT2D eigenvalue weighted by molar-refractivity contribution is 5.42. The molecule has 1 aliphatic rings. The van der Waals surface area contributed by atoms with Crippen molar-refractivity contribution in [1.29, 1.82) is 0 Å². The number of aryl methyl sites for hydroxylation is 1. The van der Waals surface area contributed by atoms with Gasteiger partial charge in [-0.1, -0.05) is 60.7 Å². The predicted molar refractivity (Wildman–Crippen MR) is 99.8 cm³/mol. The van der Waals surface area contributed by atoms with Gasteiger partial charge in [0.15, 0.2) is 0 Å². The van der Waals surface area contributed by atoms with E-state index < -0.39 is 0 Å². The van der Waals surface area contributed by atoms with Crippen molar-refractivity contribution in [3.63, 3.8) is 0 Å². The van der Waals surface area contributed by atoms with Gasteiger partial charge in [0.2, 0.25) is 5.95 Å². The first-order chi connectivity index (χ1) is 12.3. The second-order valence-corrected chi connectivity index (χ2v) is 6.45. The lowest BCUT2D eigenvalue weighted by molar-refractivity contribution is 0.656. The van der Waals surface area contributed by atoms with Crippen LogP contribution < -0.4 is 10.9 Å². The lowest BCUT2D eigenvalue weighted by atomic mass is 9.97. The lowest BCUT2D eigenvalue weighted by Gasteiger charge is -2.21. The minimum atomic E-state index is -0.0628. The van der Waals surface area contributed by atoms with E-state index in [1.54, 1.807) is 0 Å². The van der Waals surface area contributed by atoms with Crippen molar-refractivity contribution >= 4 is 5.95 Å². The van der Waals surface area contributed by atoms with Gasteiger partial charge >= 0.3 is 0 Å². The molecule has 0 saturated heterocycles. The molecule has 4 rings (SSSR count). The molecule has 1 aromatic heterocycles. The highest BCUT2D eigenvalue weighted by atomic mass is 16.1. The fourth-order valence-electron chi connectivity index (χ4n) is 3.46. The molecular formula is C21H21N3O. The van der Waals surface area contributed by atoms with E-state index in [0.717, 1.165) is 48.1 Å². The Kier molecular flexibility index (Phi) is 4.34. The second kappa shape index (κ2) is 6.93. The molecule has 0 radical (unpaired) electrons. The molecule has 4 nitrogen and oxygen atoms in total. The number of H-pyrrole nitrogens is 1. The van der Waals surface area contributed by atoms with E-state index in [1.807, 2.05) is 36.4 Å². The molecular weight excluding hydrogens is 310 g/mol. The summed E-state index contributed by atoms with van der Waals surface area (Å²) < 4.78 is 0. The van der Waals surface area contributed by atoms with Crippen LogP contribution in [-0.2, 0) is 12.8 Å². The number of fused-ring (bicyclic) bond motifs is 1. The zero-order valence-electron chi connectivity index (χ0n) is 14.0. The van der Waals surface area contributed by atoms with Gasteiger partial charge in [0, 0.05) is 5.56 Å². The van der Waals surface area contributed by atoms with Gasteiger partial charge in [0.1, 0.15) is 0 Å². The van der Waals surface area contributed by atoms with Gasteiger partial charge < -0.3 is 5.32 Å². The third-order valence-corrected chi connectivity index (χ3v) is 4.74. The lowest BCUT2D eigenvalue weighted by Crippen LogP contribution is -2.24. The summed E-state index contributed by atoms with van der Waals surface area (Å²) in [5.74, 6) is 0.545. The van der Waals surface area contributed by atoms with Crippen LogP contribution in [0.15, 0.2) is 65.5 Å². The molecule has 4 heteroatoms. The minimum Gasteiger partial charge on any atom is -0.345 e. The van der Waals surface area contributed by atoms with E-state index in [4.69, 9.17) is 4.98 Å². The van der Waals surface area contributed by atoms with Gasteiger partial charge in [-0.3, -0.25) is 9.78 Å². The molecule has 0 aliphatic heterocycles.